The number of nitrogens with one attached hydrogen (secondary N) is 1. The first-order valence-electron chi connectivity index (χ1n) is 11.7. The quantitative estimate of drug-likeness (QED) is 0.394. The molecule has 0 aliphatic carbocycles. The lowest BCUT2D eigenvalue weighted by molar-refractivity contribution is 0.352. The number of methoxy groups -OCH3 is 3. The number of para-hydroxylation sites is 1. The normalized spacial score (nSPS) is 12.6. The molecule has 0 fully saturated rings. The van der Waals surface area contributed by atoms with Crippen LogP contribution in [0.25, 0.3) is 11.0 Å². The highest BCUT2D eigenvalue weighted by atomic mass is 16.5. The van der Waals surface area contributed by atoms with Crippen LogP contribution in [0.4, 0.5) is 11.8 Å². The molecule has 0 radical (unpaired) electrons. The van der Waals surface area contributed by atoms with Gasteiger partial charge in [-0.25, -0.2) is 4.68 Å². The van der Waals surface area contributed by atoms with Crippen molar-refractivity contribution in [2.75, 3.05) is 44.6 Å². The number of rotatable bonds is 9. The summed E-state index contributed by atoms with van der Waals surface area (Å²) in [4.78, 5) is 12.0. The zero-order valence-electron chi connectivity index (χ0n) is 20.5. The van der Waals surface area contributed by atoms with Gasteiger partial charge in [-0.15, -0.1) is 0 Å². The van der Waals surface area contributed by atoms with Gasteiger partial charge in [-0.3, -0.25) is 0 Å². The minimum atomic E-state index is 0.588. The van der Waals surface area contributed by atoms with Gasteiger partial charge < -0.3 is 24.4 Å². The molecule has 0 saturated heterocycles. The van der Waals surface area contributed by atoms with Crippen LogP contribution in [0.2, 0.25) is 0 Å². The van der Waals surface area contributed by atoms with E-state index in [1.807, 2.05) is 42.1 Å². The second-order valence-corrected chi connectivity index (χ2v) is 8.49. The summed E-state index contributed by atoms with van der Waals surface area (Å²) in [6.07, 6.45) is 1.61. The van der Waals surface area contributed by atoms with Crippen molar-refractivity contribution < 1.29 is 14.2 Å². The smallest absolute Gasteiger partial charge is 0.226 e. The molecular weight excluding hydrogens is 444 g/mol. The van der Waals surface area contributed by atoms with Gasteiger partial charge in [-0.1, -0.05) is 24.3 Å². The van der Waals surface area contributed by atoms with Crippen molar-refractivity contribution in [3.8, 4) is 17.2 Å². The zero-order valence-corrected chi connectivity index (χ0v) is 20.5. The number of anilines is 2. The third kappa shape index (κ3) is 4.41. The van der Waals surface area contributed by atoms with Crippen LogP contribution in [-0.4, -0.2) is 54.2 Å². The minimum Gasteiger partial charge on any atom is -0.497 e. The summed E-state index contributed by atoms with van der Waals surface area (Å²) >= 11 is 0. The molecule has 9 heteroatoms. The predicted molar refractivity (Wildman–Crippen MR) is 136 cm³/mol. The highest BCUT2D eigenvalue weighted by Crippen LogP contribution is 2.34. The number of hydrogen-bond donors (Lipinski definition) is 1. The Balaban J connectivity index is 1.39. The lowest BCUT2D eigenvalue weighted by Gasteiger charge is -2.28. The Morgan fingerprint density at radius 3 is 2.54 bits per heavy atom. The molecule has 4 aromatic rings. The van der Waals surface area contributed by atoms with E-state index in [1.165, 1.54) is 5.56 Å². The Morgan fingerprint density at radius 2 is 1.80 bits per heavy atom. The SMILES string of the molecule is COc1ccc(CN2CCc3nn(C)c4nc(NCCc5cccc(OC)c5OC)nc2c34)cc1. The van der Waals surface area contributed by atoms with E-state index in [9.17, 15) is 0 Å². The molecule has 0 atom stereocenters. The van der Waals surface area contributed by atoms with Gasteiger partial charge >= 0.3 is 0 Å². The fraction of sp³-hybridized carbons (Fsp3) is 0.346. The van der Waals surface area contributed by atoms with Crippen LogP contribution in [0.3, 0.4) is 0 Å². The van der Waals surface area contributed by atoms with Crippen LogP contribution in [-0.2, 0) is 26.4 Å². The van der Waals surface area contributed by atoms with E-state index in [2.05, 4.69) is 22.3 Å². The Labute approximate surface area is 204 Å². The molecule has 1 aliphatic heterocycles. The van der Waals surface area contributed by atoms with E-state index < -0.39 is 0 Å². The van der Waals surface area contributed by atoms with Crippen LogP contribution < -0.4 is 24.4 Å². The molecule has 0 amide bonds. The standard InChI is InChI=1S/C26H30N6O3/c1-31-24-22-20(30-31)13-15-32(16-17-8-10-19(33-2)11-9-17)25(22)29-26(28-24)27-14-12-18-6-5-7-21(34-3)23(18)35-4/h5-11H,12-16H2,1-4H3,(H,27,28,29). The summed E-state index contributed by atoms with van der Waals surface area (Å²) in [5, 5.41) is 9.15. The summed E-state index contributed by atoms with van der Waals surface area (Å²) in [6, 6.07) is 14.1. The molecule has 0 spiro atoms. The topological polar surface area (TPSA) is 86.6 Å². The van der Waals surface area contributed by atoms with E-state index in [0.29, 0.717) is 12.5 Å². The van der Waals surface area contributed by atoms with Crippen molar-refractivity contribution in [1.82, 2.24) is 19.7 Å². The summed E-state index contributed by atoms with van der Waals surface area (Å²) < 4.78 is 18.1. The number of hydrogen-bond acceptors (Lipinski definition) is 8. The summed E-state index contributed by atoms with van der Waals surface area (Å²) in [5.74, 6) is 3.84. The maximum atomic E-state index is 5.57. The van der Waals surface area contributed by atoms with Gasteiger partial charge in [0.1, 0.15) is 11.6 Å². The van der Waals surface area contributed by atoms with Crippen molar-refractivity contribution in [2.24, 2.45) is 7.05 Å². The first-order valence-corrected chi connectivity index (χ1v) is 11.7. The lowest BCUT2D eigenvalue weighted by Crippen LogP contribution is -2.29. The molecule has 0 unspecified atom stereocenters. The van der Waals surface area contributed by atoms with Crippen LogP contribution in [0.1, 0.15) is 16.8 Å². The first-order chi connectivity index (χ1) is 17.1. The second kappa shape index (κ2) is 9.69. The first kappa shape index (κ1) is 22.8. The molecule has 182 valence electrons. The van der Waals surface area contributed by atoms with Gasteiger partial charge in [0, 0.05) is 33.1 Å². The van der Waals surface area contributed by atoms with Crippen LogP contribution in [0.5, 0.6) is 17.2 Å². The molecule has 5 rings (SSSR count). The molecule has 2 aromatic heterocycles. The highest BCUT2D eigenvalue weighted by Gasteiger charge is 2.26. The zero-order chi connectivity index (χ0) is 24.4. The second-order valence-electron chi connectivity index (χ2n) is 8.49. The van der Waals surface area contributed by atoms with E-state index in [4.69, 9.17) is 29.3 Å². The highest BCUT2D eigenvalue weighted by molar-refractivity contribution is 5.92. The molecular formula is C26H30N6O3. The van der Waals surface area contributed by atoms with Gasteiger partial charge in [0.05, 0.1) is 32.4 Å². The molecule has 0 bridgehead atoms. The van der Waals surface area contributed by atoms with Crippen molar-refractivity contribution >= 4 is 22.8 Å². The summed E-state index contributed by atoms with van der Waals surface area (Å²) in [5.41, 5.74) is 4.15. The Bertz CT molecular complexity index is 1340. The molecule has 9 nitrogen and oxygen atoms in total. The largest absolute Gasteiger partial charge is 0.497 e. The minimum absolute atomic E-state index is 0.588. The fourth-order valence-corrected chi connectivity index (χ4v) is 4.60. The third-order valence-electron chi connectivity index (χ3n) is 6.35. The van der Waals surface area contributed by atoms with Gasteiger partial charge in [-0.2, -0.15) is 15.1 Å². The number of ether oxygens (including phenoxy) is 3. The maximum Gasteiger partial charge on any atom is 0.226 e. The Kier molecular flexibility index (Phi) is 6.31. The van der Waals surface area contributed by atoms with Crippen LogP contribution >= 0.6 is 0 Å². The van der Waals surface area contributed by atoms with E-state index >= 15 is 0 Å². The van der Waals surface area contributed by atoms with Gasteiger partial charge in [0.25, 0.3) is 0 Å². The average Bonchev–Trinajstić information content (AvgIpc) is 3.21. The van der Waals surface area contributed by atoms with Crippen molar-refractivity contribution in [2.45, 2.75) is 19.4 Å². The molecule has 0 saturated carbocycles. The molecule has 1 N–H and O–H groups in total. The number of nitrogens with zero attached hydrogens (tertiary/aromatic N) is 5. The van der Waals surface area contributed by atoms with Gasteiger partial charge in [0.15, 0.2) is 17.1 Å². The van der Waals surface area contributed by atoms with E-state index in [1.54, 1.807) is 21.3 Å². The number of aryl methyl sites for hydroxylation is 1. The number of aromatic nitrogens is 4. The summed E-state index contributed by atoms with van der Waals surface area (Å²) in [6.45, 7) is 2.26. The van der Waals surface area contributed by atoms with Crippen LogP contribution in [0, 0.1) is 0 Å². The van der Waals surface area contributed by atoms with E-state index in [-0.39, 0.29) is 0 Å². The Morgan fingerprint density at radius 1 is 0.971 bits per heavy atom. The van der Waals surface area contributed by atoms with Gasteiger partial charge in [-0.05, 0) is 35.7 Å². The maximum absolute atomic E-state index is 5.57. The molecule has 3 heterocycles. The molecule has 2 aromatic carbocycles. The lowest BCUT2D eigenvalue weighted by atomic mass is 10.1. The van der Waals surface area contributed by atoms with E-state index in [0.717, 1.165) is 71.3 Å². The van der Waals surface area contributed by atoms with Crippen molar-refractivity contribution in [3.63, 3.8) is 0 Å². The molecule has 35 heavy (non-hydrogen) atoms. The summed E-state index contributed by atoms with van der Waals surface area (Å²) in [7, 11) is 6.93. The predicted octanol–water partition coefficient (Wildman–Crippen LogP) is 3.61. The third-order valence-corrected chi connectivity index (χ3v) is 6.35. The molecule has 1 aliphatic rings. The van der Waals surface area contributed by atoms with Gasteiger partial charge in [0.2, 0.25) is 5.95 Å². The monoisotopic (exact) mass is 474 g/mol. The number of benzene rings is 2. The average molecular weight is 475 g/mol. The van der Waals surface area contributed by atoms with Crippen molar-refractivity contribution in [1.29, 1.82) is 0 Å². The Hall–Kier alpha value is -4.01. The van der Waals surface area contributed by atoms with Crippen molar-refractivity contribution in [3.05, 3.63) is 59.3 Å². The van der Waals surface area contributed by atoms with Crippen LogP contribution in [0.15, 0.2) is 42.5 Å². The fourth-order valence-electron chi connectivity index (χ4n) is 4.60.